The number of nitrogen functional groups attached to an aromatic ring is 1. The third kappa shape index (κ3) is 4.37. The van der Waals surface area contributed by atoms with E-state index in [1.54, 1.807) is 24.5 Å². The van der Waals surface area contributed by atoms with Crippen LogP contribution in [0.5, 0.6) is 5.75 Å². The normalized spacial score (nSPS) is 11.9. The number of carbonyl (C=O) groups is 1. The summed E-state index contributed by atoms with van der Waals surface area (Å²) in [6.07, 6.45) is 2.34. The van der Waals surface area contributed by atoms with E-state index in [9.17, 15) is 9.00 Å². The van der Waals surface area contributed by atoms with E-state index < -0.39 is 10.8 Å². The van der Waals surface area contributed by atoms with Crippen molar-refractivity contribution in [1.29, 1.82) is 0 Å². The zero-order valence-corrected chi connectivity index (χ0v) is 11.4. The Morgan fingerprint density at radius 3 is 2.78 bits per heavy atom. The molecule has 0 heterocycles. The van der Waals surface area contributed by atoms with E-state index in [0.29, 0.717) is 35.7 Å². The number of hydrogen-bond donors (Lipinski definition) is 2. The lowest BCUT2D eigenvalue weighted by atomic mass is 10.1. The SMILES string of the molecule is COc1ccc(C(=O)NCCCS(C)=O)cc1N. The second-order valence-electron chi connectivity index (χ2n) is 3.84. The standard InChI is InChI=1S/C12H18N2O3S/c1-17-11-5-4-9(8-10(11)13)12(15)14-6-3-7-18(2)16/h4-5,8H,3,6-7,13H2,1-2H3,(H,14,15). The van der Waals surface area contributed by atoms with E-state index in [1.807, 2.05) is 0 Å². The molecule has 18 heavy (non-hydrogen) atoms. The highest BCUT2D eigenvalue weighted by Gasteiger charge is 2.07. The van der Waals surface area contributed by atoms with Crippen molar-refractivity contribution in [3.05, 3.63) is 23.8 Å². The summed E-state index contributed by atoms with van der Waals surface area (Å²) >= 11 is 0. The molecule has 1 amide bonds. The van der Waals surface area contributed by atoms with Crippen LogP contribution in [0.15, 0.2) is 18.2 Å². The first-order valence-electron chi connectivity index (χ1n) is 5.56. The maximum atomic E-state index is 11.8. The van der Waals surface area contributed by atoms with Crippen molar-refractivity contribution in [3.8, 4) is 5.75 Å². The van der Waals surface area contributed by atoms with Gasteiger partial charge < -0.3 is 15.8 Å². The molecule has 100 valence electrons. The summed E-state index contributed by atoms with van der Waals surface area (Å²) in [5.41, 5.74) is 6.64. The zero-order chi connectivity index (χ0) is 13.5. The summed E-state index contributed by atoms with van der Waals surface area (Å²) in [5, 5.41) is 2.75. The van der Waals surface area contributed by atoms with Gasteiger partial charge in [-0.25, -0.2) is 0 Å². The van der Waals surface area contributed by atoms with Crippen LogP contribution in [0.3, 0.4) is 0 Å². The van der Waals surface area contributed by atoms with E-state index >= 15 is 0 Å². The smallest absolute Gasteiger partial charge is 0.251 e. The van der Waals surface area contributed by atoms with Crippen LogP contribution < -0.4 is 15.8 Å². The van der Waals surface area contributed by atoms with Gasteiger partial charge in [0.05, 0.1) is 12.8 Å². The highest BCUT2D eigenvalue weighted by Crippen LogP contribution is 2.21. The number of ether oxygens (including phenoxy) is 1. The molecule has 0 spiro atoms. The average molecular weight is 270 g/mol. The van der Waals surface area contributed by atoms with E-state index in [0.717, 1.165) is 0 Å². The zero-order valence-electron chi connectivity index (χ0n) is 10.6. The van der Waals surface area contributed by atoms with Crippen molar-refractivity contribution < 1.29 is 13.7 Å². The van der Waals surface area contributed by atoms with Crippen LogP contribution in [0.1, 0.15) is 16.8 Å². The van der Waals surface area contributed by atoms with Crippen LogP contribution in [-0.4, -0.2) is 35.8 Å². The number of carbonyl (C=O) groups excluding carboxylic acids is 1. The summed E-state index contributed by atoms with van der Waals surface area (Å²) in [6.45, 7) is 0.504. The minimum Gasteiger partial charge on any atom is -0.495 e. The third-order valence-corrected chi connectivity index (χ3v) is 3.25. The Kier molecular flexibility index (Phi) is 5.64. The van der Waals surface area contributed by atoms with Crippen molar-refractivity contribution in [2.45, 2.75) is 6.42 Å². The van der Waals surface area contributed by atoms with Crippen molar-refractivity contribution in [2.24, 2.45) is 0 Å². The fourth-order valence-electron chi connectivity index (χ4n) is 1.46. The predicted molar refractivity (Wildman–Crippen MR) is 73.3 cm³/mol. The van der Waals surface area contributed by atoms with Crippen LogP contribution in [0.2, 0.25) is 0 Å². The molecule has 1 aromatic rings. The molecule has 0 aromatic heterocycles. The minimum absolute atomic E-state index is 0.189. The van der Waals surface area contributed by atoms with Crippen molar-refractivity contribution in [1.82, 2.24) is 5.32 Å². The molecule has 1 rings (SSSR count). The Morgan fingerprint density at radius 1 is 1.50 bits per heavy atom. The van der Waals surface area contributed by atoms with Gasteiger partial charge >= 0.3 is 0 Å². The number of nitrogens with one attached hydrogen (secondary N) is 1. The monoisotopic (exact) mass is 270 g/mol. The first-order valence-corrected chi connectivity index (χ1v) is 7.29. The molecule has 0 aliphatic heterocycles. The van der Waals surface area contributed by atoms with Gasteiger partial charge in [-0.3, -0.25) is 9.00 Å². The fraction of sp³-hybridized carbons (Fsp3) is 0.417. The summed E-state index contributed by atoms with van der Waals surface area (Å²) in [7, 11) is 0.703. The molecule has 0 saturated carbocycles. The quantitative estimate of drug-likeness (QED) is 0.591. The molecule has 6 heteroatoms. The first-order chi connectivity index (χ1) is 8.54. The molecule has 1 aromatic carbocycles. The molecule has 1 unspecified atom stereocenters. The van der Waals surface area contributed by atoms with Crippen LogP contribution in [0, 0.1) is 0 Å². The van der Waals surface area contributed by atoms with Crippen molar-refractivity contribution >= 4 is 22.4 Å². The van der Waals surface area contributed by atoms with Gasteiger partial charge in [-0.05, 0) is 24.6 Å². The molecule has 1 atom stereocenters. The molecular weight excluding hydrogens is 252 g/mol. The number of benzene rings is 1. The van der Waals surface area contributed by atoms with E-state index in [4.69, 9.17) is 10.5 Å². The van der Waals surface area contributed by atoms with Gasteiger partial charge in [-0.1, -0.05) is 0 Å². The second kappa shape index (κ2) is 7.00. The molecule has 3 N–H and O–H groups in total. The molecule has 0 aliphatic carbocycles. The lowest BCUT2D eigenvalue weighted by Gasteiger charge is -2.08. The number of hydrogen-bond acceptors (Lipinski definition) is 4. The fourth-order valence-corrected chi connectivity index (χ4v) is 2.01. The number of nitrogens with two attached hydrogens (primary N) is 1. The summed E-state index contributed by atoms with van der Waals surface area (Å²) < 4.78 is 15.9. The van der Waals surface area contributed by atoms with Crippen LogP contribution in [0.4, 0.5) is 5.69 Å². The third-order valence-electron chi connectivity index (χ3n) is 2.39. The number of amides is 1. The van der Waals surface area contributed by atoms with Crippen molar-refractivity contribution in [3.63, 3.8) is 0 Å². The molecule has 0 bridgehead atoms. The van der Waals surface area contributed by atoms with Gasteiger partial charge in [-0.2, -0.15) is 0 Å². The summed E-state index contributed by atoms with van der Waals surface area (Å²) in [5.74, 6) is 0.949. The highest BCUT2D eigenvalue weighted by atomic mass is 32.2. The average Bonchev–Trinajstić information content (AvgIpc) is 2.34. The maximum absolute atomic E-state index is 11.8. The molecule has 0 radical (unpaired) electrons. The Balaban J connectivity index is 2.51. The number of methoxy groups -OCH3 is 1. The molecule has 5 nitrogen and oxygen atoms in total. The number of rotatable bonds is 6. The summed E-state index contributed by atoms with van der Waals surface area (Å²) in [6, 6.07) is 4.89. The molecule has 0 saturated heterocycles. The van der Waals surface area contributed by atoms with Crippen LogP contribution in [0.25, 0.3) is 0 Å². The molecule has 0 fully saturated rings. The predicted octanol–water partition coefficient (Wildman–Crippen LogP) is 0.776. The van der Waals surface area contributed by atoms with Gasteiger partial charge in [-0.15, -0.1) is 0 Å². The van der Waals surface area contributed by atoms with Crippen molar-refractivity contribution in [2.75, 3.05) is 31.4 Å². The number of anilines is 1. The van der Waals surface area contributed by atoms with Gasteiger partial charge in [0.1, 0.15) is 5.75 Å². The minimum atomic E-state index is -0.821. The van der Waals surface area contributed by atoms with Crippen LogP contribution >= 0.6 is 0 Å². The molecular formula is C12H18N2O3S. The highest BCUT2D eigenvalue weighted by molar-refractivity contribution is 7.84. The van der Waals surface area contributed by atoms with Gasteiger partial charge in [0.25, 0.3) is 5.91 Å². The summed E-state index contributed by atoms with van der Waals surface area (Å²) in [4.78, 5) is 11.8. The largest absolute Gasteiger partial charge is 0.495 e. The second-order valence-corrected chi connectivity index (χ2v) is 5.40. The first kappa shape index (κ1) is 14.5. The van der Waals surface area contributed by atoms with E-state index in [-0.39, 0.29) is 5.91 Å². The Labute approximate surface area is 109 Å². The van der Waals surface area contributed by atoms with Crippen LogP contribution in [-0.2, 0) is 10.8 Å². The molecule has 0 aliphatic rings. The van der Waals surface area contributed by atoms with Gasteiger partial charge in [0.2, 0.25) is 0 Å². The Morgan fingerprint density at radius 2 is 2.22 bits per heavy atom. The topological polar surface area (TPSA) is 81.4 Å². The lowest BCUT2D eigenvalue weighted by Crippen LogP contribution is -2.25. The van der Waals surface area contributed by atoms with E-state index in [1.165, 1.54) is 7.11 Å². The van der Waals surface area contributed by atoms with Gasteiger partial charge in [0, 0.05) is 34.9 Å². The van der Waals surface area contributed by atoms with Gasteiger partial charge in [0.15, 0.2) is 0 Å². The Hall–Kier alpha value is -1.56. The maximum Gasteiger partial charge on any atom is 0.251 e. The Bertz CT molecular complexity index is 449. The lowest BCUT2D eigenvalue weighted by molar-refractivity contribution is 0.0954. The van der Waals surface area contributed by atoms with E-state index in [2.05, 4.69) is 5.32 Å².